The average molecular weight is 293 g/mol. The second-order valence-electron chi connectivity index (χ2n) is 6.61. The number of carbonyl (C=O) groups excluding carboxylic acids is 1. The summed E-state index contributed by atoms with van der Waals surface area (Å²) in [7, 11) is 3.48. The molecule has 1 saturated carbocycles. The number of nitrogens with one attached hydrogen (secondary N) is 1. The molecule has 1 amide bonds. The number of rotatable bonds is 3. The van der Waals surface area contributed by atoms with Gasteiger partial charge < -0.3 is 10.2 Å². The lowest BCUT2D eigenvalue weighted by atomic mass is 9.75. The minimum atomic E-state index is -0.490. The lowest BCUT2D eigenvalue weighted by molar-refractivity contribution is 0.0635. The van der Waals surface area contributed by atoms with Gasteiger partial charge in [-0.25, -0.2) is 9.37 Å². The van der Waals surface area contributed by atoms with Crippen molar-refractivity contribution in [3.8, 4) is 0 Å². The SMILES string of the molecule is CNc1ncc(F)cc1C(=O)N(C)C1CCC(C)(C)CC1. The fourth-order valence-corrected chi connectivity index (χ4v) is 2.93. The second kappa shape index (κ2) is 6.00. The maximum Gasteiger partial charge on any atom is 0.257 e. The summed E-state index contributed by atoms with van der Waals surface area (Å²) in [6.07, 6.45) is 5.32. The largest absolute Gasteiger partial charge is 0.372 e. The molecule has 1 aliphatic rings. The van der Waals surface area contributed by atoms with Gasteiger partial charge in [-0.15, -0.1) is 0 Å². The van der Waals surface area contributed by atoms with Crippen LogP contribution in [-0.4, -0.2) is 35.9 Å². The monoisotopic (exact) mass is 293 g/mol. The zero-order valence-electron chi connectivity index (χ0n) is 13.2. The molecule has 1 aromatic rings. The topological polar surface area (TPSA) is 45.2 Å². The van der Waals surface area contributed by atoms with Crippen LogP contribution in [0.4, 0.5) is 10.2 Å². The number of amides is 1. The van der Waals surface area contributed by atoms with Crippen LogP contribution in [0.3, 0.4) is 0 Å². The molecule has 116 valence electrons. The lowest BCUT2D eigenvalue weighted by Gasteiger charge is -2.38. The summed E-state index contributed by atoms with van der Waals surface area (Å²) in [5.74, 6) is -0.240. The van der Waals surface area contributed by atoms with Crippen molar-refractivity contribution >= 4 is 11.7 Å². The van der Waals surface area contributed by atoms with Crippen LogP contribution in [0.5, 0.6) is 0 Å². The Bertz CT molecular complexity index is 520. The van der Waals surface area contributed by atoms with Crippen LogP contribution in [-0.2, 0) is 0 Å². The highest BCUT2D eigenvalue weighted by Crippen LogP contribution is 2.37. The molecule has 1 fully saturated rings. The summed E-state index contributed by atoms with van der Waals surface area (Å²) >= 11 is 0. The number of hydrogen-bond acceptors (Lipinski definition) is 3. The Morgan fingerprint density at radius 1 is 1.43 bits per heavy atom. The molecule has 0 bridgehead atoms. The summed E-state index contributed by atoms with van der Waals surface area (Å²) in [6, 6.07) is 1.48. The Labute approximate surface area is 125 Å². The van der Waals surface area contributed by atoms with E-state index in [4.69, 9.17) is 0 Å². The Morgan fingerprint density at radius 3 is 2.62 bits per heavy atom. The van der Waals surface area contributed by atoms with Crippen molar-refractivity contribution in [3.63, 3.8) is 0 Å². The summed E-state index contributed by atoms with van der Waals surface area (Å²) in [4.78, 5) is 18.3. The van der Waals surface area contributed by atoms with Crippen LogP contribution in [0, 0.1) is 11.2 Å². The van der Waals surface area contributed by atoms with Gasteiger partial charge in [0.2, 0.25) is 0 Å². The van der Waals surface area contributed by atoms with Gasteiger partial charge in [-0.2, -0.15) is 0 Å². The van der Waals surface area contributed by atoms with Crippen molar-refractivity contribution in [3.05, 3.63) is 23.6 Å². The number of halogens is 1. The maximum absolute atomic E-state index is 13.4. The van der Waals surface area contributed by atoms with E-state index in [1.807, 2.05) is 0 Å². The van der Waals surface area contributed by atoms with Crippen LogP contribution < -0.4 is 5.32 Å². The zero-order chi connectivity index (χ0) is 15.6. The molecule has 1 aromatic heterocycles. The highest BCUT2D eigenvalue weighted by atomic mass is 19.1. The molecule has 4 nitrogen and oxygen atoms in total. The van der Waals surface area contributed by atoms with Gasteiger partial charge in [0.15, 0.2) is 0 Å². The standard InChI is InChI=1S/C16H24FN3O/c1-16(2)7-5-12(6-8-16)20(4)15(21)13-9-11(17)10-19-14(13)18-3/h9-10,12H,5-8H2,1-4H3,(H,18,19). The van der Waals surface area contributed by atoms with E-state index in [9.17, 15) is 9.18 Å². The van der Waals surface area contributed by atoms with Gasteiger partial charge in [-0.3, -0.25) is 4.79 Å². The first-order chi connectivity index (χ1) is 9.84. The van der Waals surface area contributed by atoms with Crippen LogP contribution >= 0.6 is 0 Å². The Balaban J connectivity index is 2.15. The van der Waals surface area contributed by atoms with Crippen LogP contribution in [0.15, 0.2) is 12.3 Å². The van der Waals surface area contributed by atoms with Crippen LogP contribution in [0.2, 0.25) is 0 Å². The van der Waals surface area contributed by atoms with Gasteiger partial charge in [0.05, 0.1) is 11.8 Å². The first-order valence-corrected chi connectivity index (χ1v) is 7.44. The van der Waals surface area contributed by atoms with Crippen LogP contribution in [0.1, 0.15) is 49.9 Å². The Kier molecular flexibility index (Phi) is 4.49. The zero-order valence-corrected chi connectivity index (χ0v) is 13.2. The smallest absolute Gasteiger partial charge is 0.257 e. The third kappa shape index (κ3) is 3.52. The number of nitrogens with zero attached hydrogens (tertiary/aromatic N) is 2. The van der Waals surface area contributed by atoms with E-state index in [1.54, 1.807) is 19.0 Å². The molecule has 2 rings (SSSR count). The van der Waals surface area contributed by atoms with E-state index < -0.39 is 5.82 Å². The highest BCUT2D eigenvalue weighted by Gasteiger charge is 2.31. The van der Waals surface area contributed by atoms with Gasteiger partial charge in [0.1, 0.15) is 11.6 Å². The molecule has 0 unspecified atom stereocenters. The van der Waals surface area contributed by atoms with Gasteiger partial charge >= 0.3 is 0 Å². The number of hydrogen-bond donors (Lipinski definition) is 1. The van der Waals surface area contributed by atoms with E-state index in [0.29, 0.717) is 16.8 Å². The van der Waals surface area contributed by atoms with Crippen molar-refractivity contribution in [2.75, 3.05) is 19.4 Å². The number of aromatic nitrogens is 1. The molecule has 0 saturated heterocycles. The van der Waals surface area contributed by atoms with E-state index in [0.717, 1.165) is 31.9 Å². The maximum atomic E-state index is 13.4. The van der Waals surface area contributed by atoms with Gasteiger partial charge in [-0.1, -0.05) is 13.8 Å². The van der Waals surface area contributed by atoms with E-state index >= 15 is 0 Å². The Morgan fingerprint density at radius 2 is 2.05 bits per heavy atom. The van der Waals surface area contributed by atoms with Crippen molar-refractivity contribution in [2.24, 2.45) is 5.41 Å². The summed E-state index contributed by atoms with van der Waals surface area (Å²) in [5, 5.41) is 2.85. The van der Waals surface area contributed by atoms with Crippen molar-refractivity contribution in [1.29, 1.82) is 0 Å². The van der Waals surface area contributed by atoms with E-state index in [2.05, 4.69) is 24.1 Å². The molecule has 1 aliphatic carbocycles. The lowest BCUT2D eigenvalue weighted by Crippen LogP contribution is -2.41. The molecule has 1 N–H and O–H groups in total. The third-order valence-electron chi connectivity index (χ3n) is 4.50. The minimum absolute atomic E-state index is 0.170. The van der Waals surface area contributed by atoms with Crippen molar-refractivity contribution in [1.82, 2.24) is 9.88 Å². The molecule has 0 aliphatic heterocycles. The van der Waals surface area contributed by atoms with Crippen molar-refractivity contribution in [2.45, 2.75) is 45.6 Å². The van der Waals surface area contributed by atoms with Gasteiger partial charge in [-0.05, 0) is 37.2 Å². The van der Waals surface area contributed by atoms with E-state index in [-0.39, 0.29) is 11.9 Å². The summed E-state index contributed by atoms with van der Waals surface area (Å²) < 4.78 is 13.4. The summed E-state index contributed by atoms with van der Waals surface area (Å²) in [5.41, 5.74) is 0.654. The number of anilines is 1. The number of carbonyl (C=O) groups is 1. The first kappa shape index (κ1) is 15.7. The molecule has 0 spiro atoms. The predicted molar refractivity (Wildman–Crippen MR) is 81.9 cm³/mol. The van der Waals surface area contributed by atoms with E-state index in [1.165, 1.54) is 6.07 Å². The Hall–Kier alpha value is -1.65. The quantitative estimate of drug-likeness (QED) is 0.930. The van der Waals surface area contributed by atoms with Gasteiger partial charge in [0.25, 0.3) is 5.91 Å². The molecular formula is C16H24FN3O. The van der Waals surface area contributed by atoms with Crippen LogP contribution in [0.25, 0.3) is 0 Å². The normalized spacial score (nSPS) is 18.3. The second-order valence-corrected chi connectivity index (χ2v) is 6.61. The fraction of sp³-hybridized carbons (Fsp3) is 0.625. The highest BCUT2D eigenvalue weighted by molar-refractivity contribution is 5.98. The molecule has 0 atom stereocenters. The molecule has 21 heavy (non-hydrogen) atoms. The molecule has 0 aromatic carbocycles. The van der Waals surface area contributed by atoms with Gasteiger partial charge in [0, 0.05) is 20.1 Å². The average Bonchev–Trinajstić information content (AvgIpc) is 2.45. The fourth-order valence-electron chi connectivity index (χ4n) is 2.93. The predicted octanol–water partition coefficient (Wildman–Crippen LogP) is 3.30. The van der Waals surface area contributed by atoms with Crippen molar-refractivity contribution < 1.29 is 9.18 Å². The molecular weight excluding hydrogens is 269 g/mol. The third-order valence-corrected chi connectivity index (χ3v) is 4.50. The molecule has 5 heteroatoms. The number of pyridine rings is 1. The summed E-state index contributed by atoms with van der Waals surface area (Å²) in [6.45, 7) is 4.53. The molecule has 1 heterocycles. The molecule has 0 radical (unpaired) electrons. The minimum Gasteiger partial charge on any atom is -0.372 e. The first-order valence-electron chi connectivity index (χ1n) is 7.44.